The van der Waals surface area contributed by atoms with Crippen LogP contribution < -0.4 is 16.0 Å². The maximum atomic E-state index is 12.1. The number of rotatable bonds is 7. The number of carbonyl (C=O) groups excluding carboxylic acids is 1. The molecule has 0 spiro atoms. The molecule has 0 saturated heterocycles. The lowest BCUT2D eigenvalue weighted by Gasteiger charge is -2.19. The Morgan fingerprint density at radius 2 is 1.79 bits per heavy atom. The lowest BCUT2D eigenvalue weighted by molar-refractivity contribution is -0.137. The maximum Gasteiger partial charge on any atom is 0.327 e. The van der Waals surface area contributed by atoms with E-state index in [-0.39, 0.29) is 12.5 Å². The van der Waals surface area contributed by atoms with E-state index < -0.39 is 18.0 Å². The van der Waals surface area contributed by atoms with Gasteiger partial charge in [-0.15, -0.1) is 0 Å². The monoisotopic (exact) mass is 421 g/mol. The van der Waals surface area contributed by atoms with Gasteiger partial charge in [0, 0.05) is 12.5 Å². The van der Waals surface area contributed by atoms with E-state index in [2.05, 4.69) is 28.1 Å². The molecule has 1 aliphatic carbocycles. The molecule has 0 radical (unpaired) electrons. The van der Waals surface area contributed by atoms with Crippen LogP contribution in [-0.4, -0.2) is 36.2 Å². The number of hydrogen-bond donors (Lipinski definition) is 4. The van der Waals surface area contributed by atoms with Crippen molar-refractivity contribution < 1.29 is 14.7 Å². The summed E-state index contributed by atoms with van der Waals surface area (Å²) in [5.41, 5.74) is 2.91. The molecule has 28 heavy (non-hydrogen) atoms. The summed E-state index contributed by atoms with van der Waals surface area (Å²) in [6.45, 7) is 0.383. The maximum absolute atomic E-state index is 12.1. The highest BCUT2D eigenvalue weighted by Crippen LogP contribution is 2.32. The summed E-state index contributed by atoms with van der Waals surface area (Å²) in [4.78, 5) is 23.7. The van der Waals surface area contributed by atoms with Crippen LogP contribution >= 0.6 is 23.2 Å². The molecule has 2 amide bonds. The molecule has 1 unspecified atom stereocenters. The van der Waals surface area contributed by atoms with Gasteiger partial charge in [0.1, 0.15) is 6.04 Å². The number of benzene rings is 2. The first kappa shape index (κ1) is 20.3. The molecule has 8 heteroatoms. The molecule has 0 bridgehead atoms. The zero-order valence-corrected chi connectivity index (χ0v) is 16.6. The van der Waals surface area contributed by atoms with Gasteiger partial charge in [-0.1, -0.05) is 53.5 Å². The number of nitrogens with one attached hydrogen (secondary N) is 3. The van der Waals surface area contributed by atoms with Gasteiger partial charge in [-0.2, -0.15) is 0 Å². The lowest BCUT2D eigenvalue weighted by Crippen LogP contribution is -2.45. The van der Waals surface area contributed by atoms with E-state index in [4.69, 9.17) is 23.2 Å². The molecule has 2 aromatic carbocycles. The number of urea groups is 1. The summed E-state index contributed by atoms with van der Waals surface area (Å²) in [5, 5.41) is 18.2. The topological polar surface area (TPSA) is 90.5 Å². The van der Waals surface area contributed by atoms with E-state index >= 15 is 0 Å². The van der Waals surface area contributed by atoms with Gasteiger partial charge in [0.25, 0.3) is 0 Å². The van der Waals surface area contributed by atoms with Crippen molar-refractivity contribution in [1.82, 2.24) is 10.6 Å². The number of halogens is 2. The number of amides is 2. The highest BCUT2D eigenvalue weighted by atomic mass is 35.5. The molecule has 3 rings (SSSR count). The van der Waals surface area contributed by atoms with Crippen LogP contribution in [0.3, 0.4) is 0 Å². The molecule has 6 nitrogen and oxygen atoms in total. The highest BCUT2D eigenvalue weighted by molar-refractivity contribution is 6.39. The highest BCUT2D eigenvalue weighted by Gasteiger charge is 2.23. The number of aliphatic carboxylic acids is 1. The van der Waals surface area contributed by atoms with E-state index in [0.717, 1.165) is 12.8 Å². The molecule has 148 valence electrons. The fourth-order valence-corrected chi connectivity index (χ4v) is 3.85. The van der Waals surface area contributed by atoms with Gasteiger partial charge >= 0.3 is 12.0 Å². The molecule has 0 aromatic heterocycles. The summed E-state index contributed by atoms with van der Waals surface area (Å²) in [6, 6.07) is 11.6. The van der Waals surface area contributed by atoms with Crippen LogP contribution in [0.5, 0.6) is 0 Å². The molecular formula is C20H21Cl2N3O3. The standard InChI is InChI=1S/C20H21Cl2N3O3/c21-15-6-3-7-16(22)18(15)25-17(19(26)27)11-24-20(28)23-10-13-9-8-12-4-1-2-5-14(12)13/h1-7,13,17,25H,8-11H2,(H,26,27)(H2,23,24,28)/t13?,17-/m0/s1. The Bertz CT molecular complexity index is 855. The third kappa shape index (κ3) is 4.88. The van der Waals surface area contributed by atoms with Crippen molar-refractivity contribution in [2.24, 2.45) is 0 Å². The van der Waals surface area contributed by atoms with Gasteiger partial charge in [0.05, 0.1) is 22.3 Å². The molecule has 0 aliphatic heterocycles. The quantitative estimate of drug-likeness (QED) is 0.545. The number of fused-ring (bicyclic) bond motifs is 1. The Morgan fingerprint density at radius 1 is 1.07 bits per heavy atom. The molecule has 0 heterocycles. The first-order chi connectivity index (χ1) is 13.5. The van der Waals surface area contributed by atoms with Crippen molar-refractivity contribution in [3.63, 3.8) is 0 Å². The number of carboxylic acid groups (broad SMARTS) is 1. The predicted octanol–water partition coefficient (Wildman–Crippen LogP) is 3.89. The van der Waals surface area contributed by atoms with Gasteiger partial charge in [-0.05, 0) is 36.1 Å². The molecule has 0 fully saturated rings. The normalized spacial score (nSPS) is 16.1. The second-order valence-corrected chi connectivity index (χ2v) is 7.47. The van der Waals surface area contributed by atoms with E-state index in [1.54, 1.807) is 18.2 Å². The summed E-state index contributed by atoms with van der Waals surface area (Å²) in [5.74, 6) is -0.849. The smallest absolute Gasteiger partial charge is 0.327 e. The molecule has 1 aliphatic rings. The van der Waals surface area contributed by atoms with E-state index in [1.807, 2.05) is 12.1 Å². The number of aryl methyl sites for hydroxylation is 1. The third-order valence-corrected chi connectivity index (χ3v) is 5.44. The van der Waals surface area contributed by atoms with Crippen molar-refractivity contribution in [3.8, 4) is 0 Å². The zero-order chi connectivity index (χ0) is 20.1. The predicted molar refractivity (Wildman–Crippen MR) is 110 cm³/mol. The van der Waals surface area contributed by atoms with Gasteiger partial charge in [-0.3, -0.25) is 0 Å². The molecular weight excluding hydrogens is 401 g/mol. The zero-order valence-electron chi connectivity index (χ0n) is 15.0. The van der Waals surface area contributed by atoms with Crippen molar-refractivity contribution >= 4 is 40.9 Å². The molecule has 0 saturated carbocycles. The Labute approximate surface area is 173 Å². The van der Waals surface area contributed by atoms with Crippen LogP contribution in [0.2, 0.25) is 10.0 Å². The lowest BCUT2D eigenvalue weighted by atomic mass is 10.0. The average molecular weight is 422 g/mol. The van der Waals surface area contributed by atoms with Crippen LogP contribution in [0.1, 0.15) is 23.5 Å². The third-order valence-electron chi connectivity index (χ3n) is 4.81. The number of carboxylic acids is 1. The summed E-state index contributed by atoms with van der Waals surface area (Å²) < 4.78 is 0. The van der Waals surface area contributed by atoms with Crippen molar-refractivity contribution in [1.29, 1.82) is 0 Å². The minimum atomic E-state index is -1.12. The van der Waals surface area contributed by atoms with Gasteiger partial charge in [0.15, 0.2) is 0 Å². The average Bonchev–Trinajstić information content (AvgIpc) is 3.08. The minimum absolute atomic E-state index is 0.121. The summed E-state index contributed by atoms with van der Waals surface area (Å²) in [7, 11) is 0. The molecule has 4 N–H and O–H groups in total. The largest absolute Gasteiger partial charge is 0.480 e. The van der Waals surface area contributed by atoms with E-state index in [9.17, 15) is 14.7 Å². The van der Waals surface area contributed by atoms with E-state index in [1.165, 1.54) is 11.1 Å². The summed E-state index contributed by atoms with van der Waals surface area (Å²) in [6.07, 6.45) is 2.00. The van der Waals surface area contributed by atoms with Crippen LogP contribution in [0, 0.1) is 0 Å². The van der Waals surface area contributed by atoms with Gasteiger partial charge < -0.3 is 21.1 Å². The van der Waals surface area contributed by atoms with Crippen molar-refractivity contribution in [2.75, 3.05) is 18.4 Å². The fourth-order valence-electron chi connectivity index (χ4n) is 3.34. The first-order valence-electron chi connectivity index (χ1n) is 8.98. The second-order valence-electron chi connectivity index (χ2n) is 6.66. The van der Waals surface area contributed by atoms with Crippen LogP contribution in [0.15, 0.2) is 42.5 Å². The van der Waals surface area contributed by atoms with Gasteiger partial charge in [-0.25, -0.2) is 9.59 Å². The van der Waals surface area contributed by atoms with Crippen LogP contribution in [0.25, 0.3) is 0 Å². The Kier molecular flexibility index (Phi) is 6.65. The van der Waals surface area contributed by atoms with Crippen molar-refractivity contribution in [3.05, 3.63) is 63.6 Å². The number of para-hydroxylation sites is 1. The van der Waals surface area contributed by atoms with Crippen LogP contribution in [0.4, 0.5) is 10.5 Å². The van der Waals surface area contributed by atoms with E-state index in [0.29, 0.717) is 22.3 Å². The SMILES string of the molecule is O=C(NCC1CCc2ccccc21)NC[C@H](Nc1c(Cl)cccc1Cl)C(=O)O. The van der Waals surface area contributed by atoms with Gasteiger partial charge in [0.2, 0.25) is 0 Å². The number of anilines is 1. The number of hydrogen-bond acceptors (Lipinski definition) is 3. The molecule has 2 aromatic rings. The Balaban J connectivity index is 1.51. The fraction of sp³-hybridized carbons (Fsp3) is 0.300. The molecule has 2 atom stereocenters. The minimum Gasteiger partial charge on any atom is -0.480 e. The second kappa shape index (κ2) is 9.17. The summed E-state index contributed by atoms with van der Waals surface area (Å²) >= 11 is 12.1. The number of carbonyl (C=O) groups is 2. The van der Waals surface area contributed by atoms with Crippen LogP contribution in [-0.2, 0) is 11.2 Å². The first-order valence-corrected chi connectivity index (χ1v) is 9.74. The Hall–Kier alpha value is -2.44. The Morgan fingerprint density at radius 3 is 2.50 bits per heavy atom. The van der Waals surface area contributed by atoms with Crippen molar-refractivity contribution in [2.45, 2.75) is 24.8 Å².